The van der Waals surface area contributed by atoms with Gasteiger partial charge in [0.05, 0.1) is 6.10 Å². The number of hydrogen-bond acceptors (Lipinski definition) is 2. The van der Waals surface area contributed by atoms with Crippen LogP contribution >= 0.6 is 0 Å². The van der Waals surface area contributed by atoms with Gasteiger partial charge >= 0.3 is 5.97 Å². The van der Waals surface area contributed by atoms with Crippen molar-refractivity contribution in [2.75, 3.05) is 0 Å². The van der Waals surface area contributed by atoms with E-state index < -0.39 is 12.1 Å². The number of carbonyl (C=O) groups is 1. The predicted molar refractivity (Wildman–Crippen MR) is 83.9 cm³/mol. The van der Waals surface area contributed by atoms with Gasteiger partial charge in [0, 0.05) is 6.42 Å². The quantitative estimate of drug-likeness (QED) is 0.359. The van der Waals surface area contributed by atoms with Crippen molar-refractivity contribution in [2.24, 2.45) is 0 Å². The van der Waals surface area contributed by atoms with E-state index in [0.29, 0.717) is 12.8 Å². The topological polar surface area (TPSA) is 57.5 Å². The minimum atomic E-state index is -0.831. The summed E-state index contributed by atoms with van der Waals surface area (Å²) in [6.07, 6.45) is 16.2. The molecule has 3 heteroatoms. The molecule has 0 aromatic rings. The van der Waals surface area contributed by atoms with E-state index in [1.165, 1.54) is 38.5 Å². The van der Waals surface area contributed by atoms with Crippen LogP contribution in [0.2, 0.25) is 0 Å². The van der Waals surface area contributed by atoms with Crippen LogP contribution in [0.25, 0.3) is 0 Å². The van der Waals surface area contributed by atoms with Crippen LogP contribution in [-0.4, -0.2) is 22.3 Å². The molecule has 1 unspecified atom stereocenters. The normalized spacial score (nSPS) is 12.9. The van der Waals surface area contributed by atoms with Gasteiger partial charge in [0.1, 0.15) is 0 Å². The van der Waals surface area contributed by atoms with Crippen molar-refractivity contribution in [1.29, 1.82) is 0 Å². The van der Waals surface area contributed by atoms with E-state index in [4.69, 9.17) is 5.11 Å². The van der Waals surface area contributed by atoms with Crippen molar-refractivity contribution in [3.8, 4) is 0 Å². The first kappa shape index (κ1) is 19.2. The van der Waals surface area contributed by atoms with Crippen molar-refractivity contribution in [3.63, 3.8) is 0 Å². The first-order chi connectivity index (χ1) is 9.66. The number of carboxylic acid groups (broad SMARTS) is 1. The number of carboxylic acids is 1. The number of allylic oxidation sites excluding steroid dienone is 2. The summed E-state index contributed by atoms with van der Waals surface area (Å²) in [5.41, 5.74) is 0. The third-order valence-electron chi connectivity index (χ3n) is 3.49. The molecular formula is C17H32O3. The molecule has 0 fully saturated rings. The maximum absolute atomic E-state index is 10.3. The highest BCUT2D eigenvalue weighted by molar-refractivity contribution is 5.66. The maximum atomic E-state index is 10.3. The third kappa shape index (κ3) is 15.2. The Balaban J connectivity index is 3.25. The van der Waals surface area contributed by atoms with Gasteiger partial charge in [-0.3, -0.25) is 4.79 Å². The van der Waals surface area contributed by atoms with E-state index in [1.54, 1.807) is 0 Å². The Bertz CT molecular complexity index is 249. The largest absolute Gasteiger partial charge is 0.481 e. The summed E-state index contributed by atoms with van der Waals surface area (Å²) < 4.78 is 0. The fourth-order valence-corrected chi connectivity index (χ4v) is 2.18. The second-order valence-corrected chi connectivity index (χ2v) is 5.54. The molecule has 0 saturated heterocycles. The molecule has 0 aliphatic rings. The van der Waals surface area contributed by atoms with Crippen molar-refractivity contribution in [1.82, 2.24) is 0 Å². The van der Waals surface area contributed by atoms with E-state index in [9.17, 15) is 9.90 Å². The van der Waals surface area contributed by atoms with Gasteiger partial charge in [-0.2, -0.15) is 0 Å². The minimum Gasteiger partial charge on any atom is -0.481 e. The fraction of sp³-hybridized carbons (Fsp3) is 0.824. The van der Waals surface area contributed by atoms with E-state index in [1.807, 2.05) is 0 Å². The van der Waals surface area contributed by atoms with Crippen molar-refractivity contribution in [3.05, 3.63) is 12.2 Å². The van der Waals surface area contributed by atoms with Gasteiger partial charge in [0.15, 0.2) is 0 Å². The molecule has 0 radical (unpaired) electrons. The van der Waals surface area contributed by atoms with Gasteiger partial charge < -0.3 is 10.2 Å². The van der Waals surface area contributed by atoms with Crippen LogP contribution in [0.5, 0.6) is 0 Å². The number of aliphatic hydroxyl groups excluding tert-OH is 1. The van der Waals surface area contributed by atoms with Gasteiger partial charge in [-0.05, 0) is 38.5 Å². The summed E-state index contributed by atoms with van der Waals surface area (Å²) in [7, 11) is 0. The Morgan fingerprint density at radius 2 is 1.55 bits per heavy atom. The van der Waals surface area contributed by atoms with E-state index in [0.717, 1.165) is 19.3 Å². The first-order valence-electron chi connectivity index (χ1n) is 8.21. The standard InChI is InChI=1S/C17H32O3/c1-2-3-4-5-6-7-8-9-10-11-12-13-16(18)14-15-17(19)20/h9-10,16,18H,2-8,11-15H2,1H3,(H,19,20)/b10-9-. The van der Waals surface area contributed by atoms with Crippen LogP contribution in [0.1, 0.15) is 84.0 Å². The summed E-state index contributed by atoms with van der Waals surface area (Å²) in [6, 6.07) is 0. The Morgan fingerprint density at radius 3 is 2.20 bits per heavy atom. The molecule has 0 aromatic carbocycles. The minimum absolute atomic E-state index is 0.0645. The number of hydrogen-bond donors (Lipinski definition) is 2. The highest BCUT2D eigenvalue weighted by Crippen LogP contribution is 2.09. The van der Waals surface area contributed by atoms with Crippen LogP contribution in [0.4, 0.5) is 0 Å². The Hall–Kier alpha value is -0.830. The zero-order valence-corrected chi connectivity index (χ0v) is 13.0. The van der Waals surface area contributed by atoms with Gasteiger partial charge in [-0.1, -0.05) is 51.2 Å². The highest BCUT2D eigenvalue weighted by atomic mass is 16.4. The van der Waals surface area contributed by atoms with Crippen LogP contribution in [0.15, 0.2) is 12.2 Å². The molecule has 1 atom stereocenters. The number of rotatable bonds is 14. The molecule has 0 amide bonds. The average Bonchev–Trinajstić information content (AvgIpc) is 2.42. The molecular weight excluding hydrogens is 252 g/mol. The molecule has 20 heavy (non-hydrogen) atoms. The molecule has 0 spiro atoms. The Labute approximate surface area is 124 Å². The number of unbranched alkanes of at least 4 members (excludes halogenated alkanes) is 7. The van der Waals surface area contributed by atoms with E-state index in [2.05, 4.69) is 19.1 Å². The number of aliphatic hydroxyl groups is 1. The SMILES string of the molecule is CCCCCCCC/C=C\CCCC(O)CCC(=O)O. The lowest BCUT2D eigenvalue weighted by molar-refractivity contribution is -0.137. The molecule has 0 saturated carbocycles. The smallest absolute Gasteiger partial charge is 0.303 e. The van der Waals surface area contributed by atoms with Crippen LogP contribution in [0, 0.1) is 0 Å². The summed E-state index contributed by atoms with van der Waals surface area (Å²) in [6.45, 7) is 2.24. The molecule has 3 nitrogen and oxygen atoms in total. The second kappa shape index (κ2) is 14.6. The predicted octanol–water partition coefficient (Wildman–Crippen LogP) is 4.69. The lowest BCUT2D eigenvalue weighted by Crippen LogP contribution is -2.08. The summed E-state index contributed by atoms with van der Waals surface area (Å²) in [5.74, 6) is -0.831. The van der Waals surface area contributed by atoms with Gasteiger partial charge in [0.25, 0.3) is 0 Å². The summed E-state index contributed by atoms with van der Waals surface area (Å²) >= 11 is 0. The number of aliphatic carboxylic acids is 1. The monoisotopic (exact) mass is 284 g/mol. The third-order valence-corrected chi connectivity index (χ3v) is 3.49. The first-order valence-corrected chi connectivity index (χ1v) is 8.21. The molecule has 0 rings (SSSR count). The van der Waals surface area contributed by atoms with Crippen LogP contribution < -0.4 is 0 Å². The molecule has 0 aliphatic heterocycles. The molecule has 2 N–H and O–H groups in total. The van der Waals surface area contributed by atoms with Gasteiger partial charge in [-0.15, -0.1) is 0 Å². The molecule has 0 aliphatic carbocycles. The Morgan fingerprint density at radius 1 is 0.950 bits per heavy atom. The summed E-state index contributed by atoms with van der Waals surface area (Å²) in [5, 5.41) is 18.1. The van der Waals surface area contributed by atoms with Crippen molar-refractivity contribution in [2.45, 2.75) is 90.1 Å². The van der Waals surface area contributed by atoms with Crippen molar-refractivity contribution >= 4 is 5.97 Å². The lowest BCUT2D eigenvalue weighted by atomic mass is 10.1. The molecule has 0 bridgehead atoms. The molecule has 0 heterocycles. The maximum Gasteiger partial charge on any atom is 0.303 e. The fourth-order valence-electron chi connectivity index (χ4n) is 2.18. The lowest BCUT2D eigenvalue weighted by Gasteiger charge is -2.07. The zero-order chi connectivity index (χ0) is 15.1. The van der Waals surface area contributed by atoms with Gasteiger partial charge in [0.2, 0.25) is 0 Å². The van der Waals surface area contributed by atoms with Gasteiger partial charge in [-0.25, -0.2) is 0 Å². The second-order valence-electron chi connectivity index (χ2n) is 5.54. The molecule has 118 valence electrons. The van der Waals surface area contributed by atoms with Crippen LogP contribution in [-0.2, 0) is 4.79 Å². The summed E-state index contributed by atoms with van der Waals surface area (Å²) in [4.78, 5) is 10.3. The molecule has 0 aromatic heterocycles. The highest BCUT2D eigenvalue weighted by Gasteiger charge is 2.05. The Kier molecular flexibility index (Phi) is 14.0. The van der Waals surface area contributed by atoms with Crippen LogP contribution in [0.3, 0.4) is 0 Å². The average molecular weight is 284 g/mol. The van der Waals surface area contributed by atoms with E-state index >= 15 is 0 Å². The van der Waals surface area contributed by atoms with E-state index in [-0.39, 0.29) is 6.42 Å². The van der Waals surface area contributed by atoms with Crippen molar-refractivity contribution < 1.29 is 15.0 Å². The zero-order valence-electron chi connectivity index (χ0n) is 13.0.